The van der Waals surface area contributed by atoms with Crippen LogP contribution in [0.1, 0.15) is 24.3 Å². The molecule has 1 aliphatic rings. The highest BCUT2D eigenvalue weighted by atomic mass is 16.5. The van der Waals surface area contributed by atoms with Crippen LogP contribution in [0.15, 0.2) is 42.5 Å². The number of carbonyl (C=O) groups excluding carboxylic acids is 2. The van der Waals surface area contributed by atoms with Gasteiger partial charge in [0.2, 0.25) is 5.91 Å². The summed E-state index contributed by atoms with van der Waals surface area (Å²) in [6.45, 7) is 6.85. The zero-order valence-electron chi connectivity index (χ0n) is 20.6. The molecule has 186 valence electrons. The Kier molecular flexibility index (Phi) is 7.45. The molecule has 1 fully saturated rings. The van der Waals surface area contributed by atoms with E-state index < -0.39 is 5.97 Å². The molecule has 1 atom stereocenters. The van der Waals surface area contributed by atoms with E-state index in [-0.39, 0.29) is 24.2 Å². The first-order valence-corrected chi connectivity index (χ1v) is 11.8. The minimum Gasteiger partial charge on any atom is -0.497 e. The number of aromatic nitrogens is 1. The number of nitrogens with zero attached hydrogens (tertiary/aromatic N) is 2. The van der Waals surface area contributed by atoms with Gasteiger partial charge in [-0.1, -0.05) is 12.1 Å². The topological polar surface area (TPSA) is 96.1 Å². The largest absolute Gasteiger partial charge is 0.497 e. The number of carbonyl (C=O) groups is 2. The lowest BCUT2D eigenvalue weighted by molar-refractivity contribution is -0.120. The third kappa shape index (κ3) is 5.05. The van der Waals surface area contributed by atoms with Gasteiger partial charge in [0.15, 0.2) is 0 Å². The zero-order valence-corrected chi connectivity index (χ0v) is 20.6. The lowest BCUT2D eigenvalue weighted by Gasteiger charge is -2.38. The summed E-state index contributed by atoms with van der Waals surface area (Å²) in [5.41, 5.74) is 2.39. The maximum Gasteiger partial charge on any atom is 0.356 e. The lowest BCUT2D eigenvalue weighted by atomic mass is 10.1. The fourth-order valence-corrected chi connectivity index (χ4v) is 4.42. The monoisotopic (exact) mass is 480 g/mol. The van der Waals surface area contributed by atoms with Gasteiger partial charge in [-0.15, -0.1) is 0 Å². The second-order valence-corrected chi connectivity index (χ2v) is 8.37. The van der Waals surface area contributed by atoms with Crippen molar-refractivity contribution in [2.45, 2.75) is 19.9 Å². The third-order valence-corrected chi connectivity index (χ3v) is 6.40. The number of H-pyrrole nitrogens is 1. The molecule has 0 radical (unpaired) electrons. The average molecular weight is 481 g/mol. The van der Waals surface area contributed by atoms with Crippen molar-refractivity contribution in [1.82, 2.24) is 9.88 Å². The molecule has 0 spiro atoms. The van der Waals surface area contributed by atoms with Crippen LogP contribution in [0.25, 0.3) is 10.9 Å². The third-order valence-electron chi connectivity index (χ3n) is 6.40. The van der Waals surface area contributed by atoms with E-state index in [4.69, 9.17) is 14.2 Å². The van der Waals surface area contributed by atoms with Crippen LogP contribution in [0.5, 0.6) is 11.5 Å². The van der Waals surface area contributed by atoms with Crippen molar-refractivity contribution < 1.29 is 23.8 Å². The van der Waals surface area contributed by atoms with Crippen molar-refractivity contribution in [1.29, 1.82) is 0 Å². The number of esters is 1. The number of fused-ring (bicyclic) bond motifs is 1. The van der Waals surface area contributed by atoms with Crippen molar-refractivity contribution in [2.75, 3.05) is 57.2 Å². The number of rotatable bonds is 8. The second-order valence-electron chi connectivity index (χ2n) is 8.37. The molecule has 1 saturated heterocycles. The van der Waals surface area contributed by atoms with E-state index in [1.54, 1.807) is 33.3 Å². The van der Waals surface area contributed by atoms with Gasteiger partial charge < -0.3 is 29.4 Å². The van der Waals surface area contributed by atoms with E-state index in [9.17, 15) is 9.59 Å². The number of nitrogens with one attached hydrogen (secondary N) is 2. The van der Waals surface area contributed by atoms with Crippen LogP contribution in [-0.2, 0) is 9.53 Å². The maximum atomic E-state index is 13.3. The number of piperazine rings is 1. The van der Waals surface area contributed by atoms with Crippen LogP contribution in [-0.4, -0.2) is 74.8 Å². The highest BCUT2D eigenvalue weighted by Gasteiger charge is 2.29. The number of para-hydroxylation sites is 2. The SMILES string of the molecule is CCOC(=O)c1[nH]c2ccc(OC)cc2c1NC(=O)[C@H](C)N1CCN(c2ccccc2OC)CC1. The van der Waals surface area contributed by atoms with E-state index in [0.29, 0.717) is 22.3 Å². The van der Waals surface area contributed by atoms with Gasteiger partial charge in [-0.2, -0.15) is 0 Å². The lowest BCUT2D eigenvalue weighted by Crippen LogP contribution is -2.53. The Morgan fingerprint density at radius 1 is 1.06 bits per heavy atom. The van der Waals surface area contributed by atoms with Gasteiger partial charge in [-0.05, 0) is 44.2 Å². The van der Waals surface area contributed by atoms with Crippen molar-refractivity contribution in [3.63, 3.8) is 0 Å². The minimum atomic E-state index is -0.518. The average Bonchev–Trinajstić information content (AvgIpc) is 3.25. The maximum absolute atomic E-state index is 13.3. The zero-order chi connectivity index (χ0) is 24.9. The Labute approximate surface area is 204 Å². The minimum absolute atomic E-state index is 0.190. The highest BCUT2D eigenvalue weighted by molar-refractivity contribution is 6.12. The van der Waals surface area contributed by atoms with Gasteiger partial charge >= 0.3 is 5.97 Å². The van der Waals surface area contributed by atoms with Gasteiger partial charge in [0.1, 0.15) is 17.2 Å². The molecule has 0 saturated carbocycles. The number of benzene rings is 2. The Balaban J connectivity index is 1.50. The molecule has 0 aliphatic carbocycles. The smallest absolute Gasteiger partial charge is 0.356 e. The Hall–Kier alpha value is -3.72. The molecule has 35 heavy (non-hydrogen) atoms. The molecule has 1 aliphatic heterocycles. The number of amides is 1. The van der Waals surface area contributed by atoms with Gasteiger partial charge in [-0.25, -0.2) is 4.79 Å². The summed E-state index contributed by atoms with van der Waals surface area (Å²) in [4.78, 5) is 33.4. The van der Waals surface area contributed by atoms with E-state index >= 15 is 0 Å². The number of hydrogen-bond donors (Lipinski definition) is 2. The molecule has 2 heterocycles. The van der Waals surface area contributed by atoms with Crippen molar-refractivity contribution in [3.05, 3.63) is 48.2 Å². The van der Waals surface area contributed by atoms with E-state index in [1.807, 2.05) is 37.3 Å². The summed E-state index contributed by atoms with van der Waals surface area (Å²) in [5.74, 6) is 0.761. The molecular weight excluding hydrogens is 448 g/mol. The predicted octanol–water partition coefficient (Wildman–Crippen LogP) is 3.51. The van der Waals surface area contributed by atoms with Crippen LogP contribution < -0.4 is 19.7 Å². The molecule has 0 bridgehead atoms. The number of ether oxygens (including phenoxy) is 3. The quantitative estimate of drug-likeness (QED) is 0.476. The molecule has 2 N–H and O–H groups in total. The van der Waals surface area contributed by atoms with Crippen LogP contribution >= 0.6 is 0 Å². The molecule has 1 amide bonds. The van der Waals surface area contributed by atoms with Gasteiger partial charge in [0, 0.05) is 37.1 Å². The fourth-order valence-electron chi connectivity index (χ4n) is 4.42. The first-order chi connectivity index (χ1) is 17.0. The molecule has 2 aromatic carbocycles. The van der Waals surface area contributed by atoms with Crippen LogP contribution in [0.4, 0.5) is 11.4 Å². The molecule has 4 rings (SSSR count). The Morgan fingerprint density at radius 2 is 1.80 bits per heavy atom. The number of hydrogen-bond acceptors (Lipinski definition) is 7. The Morgan fingerprint density at radius 3 is 2.49 bits per heavy atom. The number of methoxy groups -OCH3 is 2. The van der Waals surface area contributed by atoms with E-state index in [1.165, 1.54) is 0 Å². The number of anilines is 2. The van der Waals surface area contributed by atoms with Gasteiger partial charge in [0.05, 0.1) is 38.2 Å². The first-order valence-electron chi connectivity index (χ1n) is 11.8. The molecule has 0 unspecified atom stereocenters. The summed E-state index contributed by atoms with van der Waals surface area (Å²) < 4.78 is 16.0. The van der Waals surface area contributed by atoms with Crippen LogP contribution in [0.3, 0.4) is 0 Å². The predicted molar refractivity (Wildman–Crippen MR) is 136 cm³/mol. The molecule has 9 heteroatoms. The summed E-state index contributed by atoms with van der Waals surface area (Å²) in [5, 5.41) is 3.67. The van der Waals surface area contributed by atoms with Gasteiger partial charge in [0.25, 0.3) is 0 Å². The van der Waals surface area contributed by atoms with Crippen molar-refractivity contribution >= 4 is 34.2 Å². The molecule has 1 aromatic heterocycles. The normalized spacial score (nSPS) is 15.0. The van der Waals surface area contributed by atoms with Gasteiger partial charge in [-0.3, -0.25) is 9.69 Å². The first kappa shape index (κ1) is 24.4. The van der Waals surface area contributed by atoms with Crippen LogP contribution in [0.2, 0.25) is 0 Å². The molecular formula is C26H32N4O5. The van der Waals surface area contributed by atoms with Crippen molar-refractivity contribution in [3.8, 4) is 11.5 Å². The summed E-state index contributed by atoms with van der Waals surface area (Å²) in [7, 11) is 3.25. The highest BCUT2D eigenvalue weighted by Crippen LogP contribution is 2.32. The summed E-state index contributed by atoms with van der Waals surface area (Å²) in [6, 6.07) is 13.0. The summed E-state index contributed by atoms with van der Waals surface area (Å²) >= 11 is 0. The number of aromatic amines is 1. The van der Waals surface area contributed by atoms with Crippen molar-refractivity contribution in [2.24, 2.45) is 0 Å². The van der Waals surface area contributed by atoms with Crippen LogP contribution in [0, 0.1) is 0 Å². The standard InChI is InChI=1S/C26H32N4O5/c1-5-35-26(32)24-23(19-16-18(33-3)10-11-20(19)27-24)28-25(31)17(2)29-12-14-30(15-13-29)21-8-6-7-9-22(21)34-4/h6-11,16-17,27H,5,12-15H2,1-4H3,(H,28,31)/t17-/m0/s1. The molecule has 3 aromatic rings. The fraction of sp³-hybridized carbons (Fsp3) is 0.385. The van der Waals surface area contributed by atoms with E-state index in [0.717, 1.165) is 37.6 Å². The molecule has 9 nitrogen and oxygen atoms in total. The Bertz CT molecular complexity index is 1200. The summed E-state index contributed by atoms with van der Waals surface area (Å²) in [6.07, 6.45) is 0. The second kappa shape index (κ2) is 10.7. The van der Waals surface area contributed by atoms with E-state index in [2.05, 4.69) is 20.1 Å².